The second-order valence-electron chi connectivity index (χ2n) is 13.4. The Morgan fingerprint density at radius 2 is 1.81 bits per heavy atom. The number of hydrogen-bond donors (Lipinski definition) is 1. The first-order valence-electron chi connectivity index (χ1n) is 13.7. The van der Waals surface area contributed by atoms with E-state index in [1.54, 1.807) is 0 Å². The van der Waals surface area contributed by atoms with Crippen molar-refractivity contribution in [3.63, 3.8) is 0 Å². The monoisotopic (exact) mass is 444 g/mol. The third-order valence-corrected chi connectivity index (χ3v) is 12.2. The highest BCUT2D eigenvalue weighted by molar-refractivity contribution is 5.79. The second kappa shape index (κ2) is 7.04. The summed E-state index contributed by atoms with van der Waals surface area (Å²) in [5.74, 6) is 3.29. The van der Waals surface area contributed by atoms with E-state index in [0.717, 1.165) is 51.6 Å². The molecule has 4 saturated carbocycles. The molecule has 2 spiro atoms. The molecule has 6 rings (SSSR count). The van der Waals surface area contributed by atoms with Crippen molar-refractivity contribution in [1.29, 1.82) is 0 Å². The molecule has 4 aliphatic carbocycles. The first-order valence-corrected chi connectivity index (χ1v) is 13.7. The zero-order valence-electron chi connectivity index (χ0n) is 20.7. The Balaban J connectivity index is 1.31. The van der Waals surface area contributed by atoms with Crippen molar-refractivity contribution in [2.24, 2.45) is 46.3 Å². The number of ether oxygens (including phenoxy) is 2. The summed E-state index contributed by atoms with van der Waals surface area (Å²) in [6.45, 7) is 10.2. The number of carbonyl (C=O) groups is 1. The SMILES string of the molecule is CC1CCC2(OC1)OC1(CCC3C4CC[C@@H]5CC(=O)CC[C@]5(C)C4C[C@H](O)[C@@]31C)C[C@@H]2C. The minimum atomic E-state index is -0.436. The van der Waals surface area contributed by atoms with Gasteiger partial charge in [-0.2, -0.15) is 0 Å². The van der Waals surface area contributed by atoms with Crippen molar-refractivity contribution in [3.8, 4) is 0 Å². The van der Waals surface area contributed by atoms with Crippen LogP contribution >= 0.6 is 0 Å². The molecule has 6 aliphatic rings. The maximum absolute atomic E-state index is 12.2. The van der Waals surface area contributed by atoms with Crippen LogP contribution in [0, 0.1) is 46.3 Å². The average Bonchev–Trinajstić information content (AvgIpc) is 3.20. The summed E-state index contributed by atoms with van der Waals surface area (Å²) in [5.41, 5.74) is -0.211. The molecule has 0 aromatic heterocycles. The molecule has 0 amide bonds. The standard InChI is InChI=1S/C28H44O4/c1-17-7-12-28(31-16-17)18(2)15-27(32-28)11-9-22-21-6-5-19-13-20(29)8-10-25(19,3)23(21)14-24(30)26(22,27)4/h17-19,21-24,30H,5-16H2,1-4H3/t17?,18-,19+,21?,22?,23?,24-,25-,26+,27?,28?/m0/s1. The zero-order valence-corrected chi connectivity index (χ0v) is 20.7. The van der Waals surface area contributed by atoms with Crippen LogP contribution in [0.25, 0.3) is 0 Å². The molecule has 11 atom stereocenters. The highest BCUT2D eigenvalue weighted by Crippen LogP contribution is 2.72. The van der Waals surface area contributed by atoms with E-state index in [2.05, 4.69) is 27.7 Å². The van der Waals surface area contributed by atoms with Crippen LogP contribution in [0.3, 0.4) is 0 Å². The Hall–Kier alpha value is -0.450. The highest BCUT2D eigenvalue weighted by atomic mass is 16.7. The third kappa shape index (κ3) is 2.69. The van der Waals surface area contributed by atoms with E-state index in [1.807, 2.05) is 0 Å². The summed E-state index contributed by atoms with van der Waals surface area (Å²) in [4.78, 5) is 12.2. The summed E-state index contributed by atoms with van der Waals surface area (Å²) >= 11 is 0. The van der Waals surface area contributed by atoms with E-state index in [1.165, 1.54) is 25.7 Å². The minimum Gasteiger partial charge on any atom is -0.392 e. The van der Waals surface area contributed by atoms with Crippen LogP contribution in [0.5, 0.6) is 0 Å². The number of fused-ring (bicyclic) bond motifs is 6. The lowest BCUT2D eigenvalue weighted by Crippen LogP contribution is -2.62. The topological polar surface area (TPSA) is 55.8 Å². The van der Waals surface area contributed by atoms with Gasteiger partial charge in [-0.25, -0.2) is 0 Å². The van der Waals surface area contributed by atoms with Gasteiger partial charge in [-0.3, -0.25) is 4.79 Å². The Bertz CT molecular complexity index is 786. The number of ketones is 1. The largest absolute Gasteiger partial charge is 0.392 e. The Morgan fingerprint density at radius 3 is 2.56 bits per heavy atom. The Labute approximate surface area is 194 Å². The van der Waals surface area contributed by atoms with Crippen molar-refractivity contribution in [2.75, 3.05) is 6.61 Å². The van der Waals surface area contributed by atoms with Crippen LogP contribution in [-0.2, 0) is 14.3 Å². The molecule has 180 valence electrons. The van der Waals surface area contributed by atoms with Crippen LogP contribution in [0.15, 0.2) is 0 Å². The van der Waals surface area contributed by atoms with Crippen molar-refractivity contribution >= 4 is 5.78 Å². The van der Waals surface area contributed by atoms with Gasteiger partial charge in [0.05, 0.1) is 18.3 Å². The molecule has 6 unspecified atom stereocenters. The van der Waals surface area contributed by atoms with E-state index >= 15 is 0 Å². The molecule has 4 nitrogen and oxygen atoms in total. The maximum Gasteiger partial charge on any atom is 0.171 e. The molecule has 0 radical (unpaired) electrons. The fourth-order valence-electron chi connectivity index (χ4n) is 10.1. The molecule has 0 aromatic rings. The average molecular weight is 445 g/mol. The molecule has 1 N–H and O–H groups in total. The first-order chi connectivity index (χ1) is 15.1. The van der Waals surface area contributed by atoms with E-state index in [9.17, 15) is 9.90 Å². The highest BCUT2D eigenvalue weighted by Gasteiger charge is 2.73. The van der Waals surface area contributed by atoms with Crippen LogP contribution in [-0.4, -0.2) is 35.0 Å². The van der Waals surface area contributed by atoms with Crippen molar-refractivity contribution in [1.82, 2.24) is 0 Å². The van der Waals surface area contributed by atoms with Crippen molar-refractivity contribution < 1.29 is 19.4 Å². The molecule has 2 heterocycles. The summed E-state index contributed by atoms with van der Waals surface area (Å²) in [6.07, 6.45) is 11.0. The van der Waals surface area contributed by atoms with Gasteiger partial charge in [0.15, 0.2) is 5.79 Å². The van der Waals surface area contributed by atoms with Gasteiger partial charge in [0.1, 0.15) is 5.78 Å². The van der Waals surface area contributed by atoms with E-state index < -0.39 is 5.79 Å². The predicted octanol–water partition coefficient (Wildman–Crippen LogP) is 5.51. The van der Waals surface area contributed by atoms with Gasteiger partial charge >= 0.3 is 0 Å². The van der Waals surface area contributed by atoms with E-state index in [-0.39, 0.29) is 22.5 Å². The first kappa shape index (κ1) is 22.0. The summed E-state index contributed by atoms with van der Waals surface area (Å²) in [7, 11) is 0. The van der Waals surface area contributed by atoms with Gasteiger partial charge in [0.2, 0.25) is 0 Å². The fourth-order valence-corrected chi connectivity index (χ4v) is 10.1. The van der Waals surface area contributed by atoms with Crippen LogP contribution in [0.4, 0.5) is 0 Å². The number of carbonyl (C=O) groups excluding carboxylic acids is 1. The van der Waals surface area contributed by atoms with Crippen LogP contribution in [0.2, 0.25) is 0 Å². The predicted molar refractivity (Wildman–Crippen MR) is 123 cm³/mol. The zero-order chi connectivity index (χ0) is 22.5. The van der Waals surface area contributed by atoms with Gasteiger partial charge in [-0.05, 0) is 86.4 Å². The van der Waals surface area contributed by atoms with Crippen molar-refractivity contribution in [2.45, 2.75) is 116 Å². The van der Waals surface area contributed by atoms with Crippen LogP contribution < -0.4 is 0 Å². The fraction of sp³-hybridized carbons (Fsp3) is 0.964. The van der Waals surface area contributed by atoms with Gasteiger partial charge in [0, 0.05) is 30.6 Å². The summed E-state index contributed by atoms with van der Waals surface area (Å²) in [6, 6.07) is 0. The summed E-state index contributed by atoms with van der Waals surface area (Å²) in [5, 5.41) is 11.9. The molecular formula is C28H44O4. The molecule has 0 aromatic carbocycles. The third-order valence-electron chi connectivity index (χ3n) is 12.2. The lowest BCUT2D eigenvalue weighted by Gasteiger charge is -2.62. The Morgan fingerprint density at radius 1 is 1.00 bits per heavy atom. The van der Waals surface area contributed by atoms with Gasteiger partial charge in [0.25, 0.3) is 0 Å². The smallest absolute Gasteiger partial charge is 0.171 e. The normalized spacial score (nSPS) is 59.8. The lowest BCUT2D eigenvalue weighted by atomic mass is 9.43. The number of rotatable bonds is 0. The molecule has 32 heavy (non-hydrogen) atoms. The summed E-state index contributed by atoms with van der Waals surface area (Å²) < 4.78 is 13.6. The molecule has 2 saturated heterocycles. The van der Waals surface area contributed by atoms with E-state index in [4.69, 9.17) is 9.47 Å². The van der Waals surface area contributed by atoms with E-state index in [0.29, 0.717) is 41.3 Å². The number of Topliss-reactive ketones (excluding diaryl/α,β-unsaturated/α-hetero) is 1. The quantitative estimate of drug-likeness (QED) is 0.535. The lowest BCUT2D eigenvalue weighted by molar-refractivity contribution is -0.314. The number of aliphatic hydroxyl groups is 1. The molecule has 4 heteroatoms. The maximum atomic E-state index is 12.2. The molecule has 6 fully saturated rings. The minimum absolute atomic E-state index is 0.188. The molecular weight excluding hydrogens is 400 g/mol. The second-order valence-corrected chi connectivity index (χ2v) is 13.4. The number of hydrogen-bond acceptors (Lipinski definition) is 4. The van der Waals surface area contributed by atoms with Crippen LogP contribution in [0.1, 0.15) is 98.3 Å². The van der Waals surface area contributed by atoms with Gasteiger partial charge in [-0.15, -0.1) is 0 Å². The van der Waals surface area contributed by atoms with Gasteiger partial charge < -0.3 is 14.6 Å². The Kier molecular flexibility index (Phi) is 4.85. The molecule has 0 bridgehead atoms. The van der Waals surface area contributed by atoms with Gasteiger partial charge in [-0.1, -0.05) is 27.7 Å². The number of aliphatic hydroxyl groups excluding tert-OH is 1. The van der Waals surface area contributed by atoms with Crippen molar-refractivity contribution in [3.05, 3.63) is 0 Å². The molecule has 2 aliphatic heterocycles.